The molecule has 4 heteroatoms. The zero-order chi connectivity index (χ0) is 12.8. The summed E-state index contributed by atoms with van der Waals surface area (Å²) < 4.78 is 6.43. The summed E-state index contributed by atoms with van der Waals surface area (Å²) in [5.41, 5.74) is 4.04. The molecule has 1 aromatic rings. The second-order valence-electron chi connectivity index (χ2n) is 4.11. The summed E-state index contributed by atoms with van der Waals surface area (Å²) in [6, 6.07) is 6.19. The highest BCUT2D eigenvalue weighted by Crippen LogP contribution is 2.34. The Hall–Kier alpha value is -0.580. The summed E-state index contributed by atoms with van der Waals surface area (Å²) in [4.78, 5) is 0. The molecule has 96 valence electrons. The quantitative estimate of drug-likeness (QED) is 0.625. The van der Waals surface area contributed by atoms with Crippen molar-refractivity contribution >= 4 is 15.9 Å². The van der Waals surface area contributed by atoms with Gasteiger partial charge in [0.05, 0.1) is 13.2 Å². The lowest BCUT2D eigenvalue weighted by Crippen LogP contribution is -2.33. The number of nitrogens with two attached hydrogens (primary N) is 1. The van der Waals surface area contributed by atoms with Gasteiger partial charge in [-0.1, -0.05) is 48.7 Å². The zero-order valence-electron chi connectivity index (χ0n) is 10.7. The van der Waals surface area contributed by atoms with Crippen molar-refractivity contribution in [2.75, 3.05) is 7.11 Å². The summed E-state index contributed by atoms with van der Waals surface area (Å²) in [6.07, 6.45) is 2.18. The topological polar surface area (TPSA) is 47.3 Å². The highest BCUT2D eigenvalue weighted by atomic mass is 79.9. The normalized spacial score (nSPS) is 12.8. The molecule has 0 fully saturated rings. The Labute approximate surface area is 112 Å². The third kappa shape index (κ3) is 3.44. The summed E-state index contributed by atoms with van der Waals surface area (Å²) in [5, 5.41) is 0. The van der Waals surface area contributed by atoms with E-state index in [1.54, 1.807) is 7.11 Å². The minimum absolute atomic E-state index is 0.132. The molecule has 0 amide bonds. The van der Waals surface area contributed by atoms with E-state index in [2.05, 4.69) is 41.3 Å². The molecule has 0 aromatic heterocycles. The van der Waals surface area contributed by atoms with E-state index in [9.17, 15) is 0 Å². The van der Waals surface area contributed by atoms with Gasteiger partial charge in [0.25, 0.3) is 0 Å². The van der Waals surface area contributed by atoms with Crippen molar-refractivity contribution in [2.45, 2.75) is 32.7 Å². The van der Waals surface area contributed by atoms with Crippen LogP contribution in [0.4, 0.5) is 0 Å². The predicted octanol–water partition coefficient (Wildman–Crippen LogP) is 3.40. The van der Waals surface area contributed by atoms with E-state index in [1.165, 1.54) is 0 Å². The minimum atomic E-state index is 0.132. The number of methoxy groups -OCH3 is 1. The number of hydrogen-bond donors (Lipinski definition) is 2. The molecular formula is C13H21BrN2O. The summed E-state index contributed by atoms with van der Waals surface area (Å²) in [7, 11) is 1.69. The van der Waals surface area contributed by atoms with E-state index in [-0.39, 0.29) is 6.04 Å². The van der Waals surface area contributed by atoms with E-state index in [1.807, 2.05) is 12.1 Å². The van der Waals surface area contributed by atoms with Gasteiger partial charge in [0, 0.05) is 10.0 Å². The number of ether oxygens (including phenoxy) is 1. The number of hydrogen-bond acceptors (Lipinski definition) is 3. The summed E-state index contributed by atoms with van der Waals surface area (Å²) in [6.45, 7) is 4.37. The molecule has 0 heterocycles. The largest absolute Gasteiger partial charge is 0.496 e. The lowest BCUT2D eigenvalue weighted by atomic mass is 9.89. The van der Waals surface area contributed by atoms with Crippen LogP contribution in [0.15, 0.2) is 22.7 Å². The zero-order valence-corrected chi connectivity index (χ0v) is 12.3. The molecular weight excluding hydrogens is 280 g/mol. The first-order valence-electron chi connectivity index (χ1n) is 5.97. The third-order valence-corrected chi connectivity index (χ3v) is 3.72. The average molecular weight is 301 g/mol. The maximum absolute atomic E-state index is 5.70. The van der Waals surface area contributed by atoms with Gasteiger partial charge in [-0.05, 0) is 18.1 Å². The molecule has 0 radical (unpaired) electrons. The standard InChI is InChI=1S/C13H21BrN2O/c1-4-9(5-2)13(16-15)11-7-6-10(14)8-12(11)17-3/h6-9,13,16H,4-5,15H2,1-3H3. The van der Waals surface area contributed by atoms with E-state index in [0.29, 0.717) is 5.92 Å². The Morgan fingerprint density at radius 2 is 2.00 bits per heavy atom. The van der Waals surface area contributed by atoms with Crippen molar-refractivity contribution in [2.24, 2.45) is 11.8 Å². The highest BCUT2D eigenvalue weighted by molar-refractivity contribution is 9.10. The molecule has 0 spiro atoms. The monoisotopic (exact) mass is 300 g/mol. The molecule has 1 atom stereocenters. The number of rotatable bonds is 6. The fourth-order valence-corrected chi connectivity index (χ4v) is 2.52. The Balaban J connectivity index is 3.10. The van der Waals surface area contributed by atoms with Crippen molar-refractivity contribution in [3.63, 3.8) is 0 Å². The number of nitrogens with one attached hydrogen (secondary N) is 1. The van der Waals surface area contributed by atoms with Gasteiger partial charge >= 0.3 is 0 Å². The van der Waals surface area contributed by atoms with Crippen LogP contribution in [0, 0.1) is 5.92 Å². The van der Waals surface area contributed by atoms with Crippen molar-refractivity contribution < 1.29 is 4.74 Å². The van der Waals surface area contributed by atoms with Crippen LogP contribution in [0.1, 0.15) is 38.3 Å². The Morgan fingerprint density at radius 3 is 2.47 bits per heavy atom. The van der Waals surface area contributed by atoms with Crippen molar-refractivity contribution in [3.05, 3.63) is 28.2 Å². The molecule has 1 rings (SSSR count). The maximum Gasteiger partial charge on any atom is 0.124 e. The van der Waals surface area contributed by atoms with Crippen LogP contribution in [-0.4, -0.2) is 7.11 Å². The van der Waals surface area contributed by atoms with Gasteiger partial charge < -0.3 is 4.74 Å². The smallest absolute Gasteiger partial charge is 0.124 e. The van der Waals surface area contributed by atoms with Crippen LogP contribution < -0.4 is 16.0 Å². The second-order valence-corrected chi connectivity index (χ2v) is 5.02. The van der Waals surface area contributed by atoms with E-state index in [4.69, 9.17) is 10.6 Å². The number of hydrazine groups is 1. The van der Waals surface area contributed by atoms with Crippen LogP contribution >= 0.6 is 15.9 Å². The lowest BCUT2D eigenvalue weighted by Gasteiger charge is -2.26. The SMILES string of the molecule is CCC(CC)C(NN)c1ccc(Br)cc1OC. The molecule has 0 aliphatic carbocycles. The van der Waals surface area contributed by atoms with E-state index in [0.717, 1.165) is 28.6 Å². The molecule has 1 unspecified atom stereocenters. The van der Waals surface area contributed by atoms with Gasteiger partial charge in [-0.15, -0.1) is 0 Å². The third-order valence-electron chi connectivity index (χ3n) is 3.23. The van der Waals surface area contributed by atoms with Crippen LogP contribution in [0.5, 0.6) is 5.75 Å². The van der Waals surface area contributed by atoms with E-state index >= 15 is 0 Å². The Morgan fingerprint density at radius 1 is 1.35 bits per heavy atom. The van der Waals surface area contributed by atoms with Crippen molar-refractivity contribution in [1.82, 2.24) is 5.43 Å². The molecule has 0 aliphatic rings. The average Bonchev–Trinajstić information content (AvgIpc) is 2.36. The van der Waals surface area contributed by atoms with Crippen molar-refractivity contribution in [3.8, 4) is 5.75 Å². The molecule has 3 nitrogen and oxygen atoms in total. The second kappa shape index (κ2) is 6.99. The van der Waals surface area contributed by atoms with Crippen LogP contribution in [-0.2, 0) is 0 Å². The molecule has 3 N–H and O–H groups in total. The number of halogens is 1. The highest BCUT2D eigenvalue weighted by Gasteiger charge is 2.22. The fraction of sp³-hybridized carbons (Fsp3) is 0.538. The molecule has 0 saturated heterocycles. The first kappa shape index (κ1) is 14.5. The van der Waals surface area contributed by atoms with Gasteiger partial charge in [0.2, 0.25) is 0 Å². The van der Waals surface area contributed by atoms with Gasteiger partial charge in [-0.25, -0.2) is 0 Å². The molecule has 0 bridgehead atoms. The van der Waals surface area contributed by atoms with Crippen LogP contribution in [0.3, 0.4) is 0 Å². The molecule has 0 aliphatic heterocycles. The molecule has 0 saturated carbocycles. The van der Waals surface area contributed by atoms with Gasteiger partial charge in [-0.3, -0.25) is 11.3 Å². The number of benzene rings is 1. The molecule has 17 heavy (non-hydrogen) atoms. The predicted molar refractivity (Wildman–Crippen MR) is 74.8 cm³/mol. The minimum Gasteiger partial charge on any atom is -0.496 e. The summed E-state index contributed by atoms with van der Waals surface area (Å²) >= 11 is 3.45. The Bertz CT molecular complexity index is 353. The van der Waals surface area contributed by atoms with Gasteiger partial charge in [0.1, 0.15) is 5.75 Å². The fourth-order valence-electron chi connectivity index (χ4n) is 2.18. The van der Waals surface area contributed by atoms with Crippen molar-refractivity contribution in [1.29, 1.82) is 0 Å². The van der Waals surface area contributed by atoms with Gasteiger partial charge in [-0.2, -0.15) is 0 Å². The Kier molecular flexibility index (Phi) is 5.95. The first-order chi connectivity index (χ1) is 8.17. The van der Waals surface area contributed by atoms with Crippen LogP contribution in [0.25, 0.3) is 0 Å². The molecule has 1 aromatic carbocycles. The lowest BCUT2D eigenvalue weighted by molar-refractivity contribution is 0.328. The maximum atomic E-state index is 5.70. The first-order valence-corrected chi connectivity index (χ1v) is 6.76. The summed E-state index contributed by atoms with van der Waals surface area (Å²) in [5.74, 6) is 7.08. The van der Waals surface area contributed by atoms with E-state index < -0.39 is 0 Å². The van der Waals surface area contributed by atoms with Gasteiger partial charge in [0.15, 0.2) is 0 Å². The van der Waals surface area contributed by atoms with Crippen LogP contribution in [0.2, 0.25) is 0 Å².